The fourth-order valence-corrected chi connectivity index (χ4v) is 3.73. The van der Waals surface area contributed by atoms with E-state index in [1.165, 1.54) is 14.2 Å². The predicted molar refractivity (Wildman–Crippen MR) is 138 cm³/mol. The maximum absolute atomic E-state index is 15.8. The summed E-state index contributed by atoms with van der Waals surface area (Å²) < 4.78 is 44.5. The summed E-state index contributed by atoms with van der Waals surface area (Å²) in [6, 6.07) is 22.2. The van der Waals surface area contributed by atoms with E-state index in [1.807, 2.05) is 38.1 Å². The summed E-state index contributed by atoms with van der Waals surface area (Å²) in [7, 11) is 3.05. The molecule has 0 radical (unpaired) electrons. The van der Waals surface area contributed by atoms with Gasteiger partial charge in [0.1, 0.15) is 52.0 Å². The Labute approximate surface area is 219 Å². The molecule has 0 bridgehead atoms. The van der Waals surface area contributed by atoms with E-state index in [0.717, 1.165) is 11.1 Å². The summed E-state index contributed by atoms with van der Waals surface area (Å²) in [5.41, 5.74) is 0.687. The van der Waals surface area contributed by atoms with Crippen molar-refractivity contribution in [3.8, 4) is 58.1 Å². The second kappa shape index (κ2) is 11.2. The Balaban J connectivity index is 1.97. The van der Waals surface area contributed by atoms with Crippen molar-refractivity contribution < 1.29 is 28.1 Å². The van der Waals surface area contributed by atoms with Gasteiger partial charge in [-0.25, -0.2) is 4.39 Å². The monoisotopic (exact) mass is 510 g/mol. The molecule has 0 spiro atoms. The summed E-state index contributed by atoms with van der Waals surface area (Å²) in [6.45, 7) is 3.67. The van der Waals surface area contributed by atoms with Crippen molar-refractivity contribution in [3.05, 3.63) is 94.8 Å². The van der Waals surface area contributed by atoms with Gasteiger partial charge in [0.05, 0.1) is 14.2 Å². The molecule has 0 saturated carbocycles. The molecule has 4 aromatic rings. The quantitative estimate of drug-likeness (QED) is 0.241. The maximum atomic E-state index is 15.8. The lowest BCUT2D eigenvalue weighted by Crippen LogP contribution is -2.04. The Bertz CT molecular complexity index is 1530. The Morgan fingerprint density at radius 1 is 0.553 bits per heavy atom. The standard InChI is InChI=1S/C30H23FN2O5/c1-18-6-5-7-19(2)27(18)38-28-25(17-33)24(16-32)26(31)29(36-22-12-8-20(34-3)9-13-22)30(28)37-23-14-10-21(35-4)11-15-23/h5-15H,1-4H3. The van der Waals surface area contributed by atoms with Gasteiger partial charge in [-0.2, -0.15) is 10.5 Å². The number of ether oxygens (including phenoxy) is 5. The molecule has 0 heterocycles. The molecule has 7 nitrogen and oxygen atoms in total. The van der Waals surface area contributed by atoms with E-state index in [2.05, 4.69) is 0 Å². The highest BCUT2D eigenvalue weighted by molar-refractivity contribution is 5.69. The first kappa shape index (κ1) is 25.9. The van der Waals surface area contributed by atoms with Gasteiger partial charge in [0.25, 0.3) is 0 Å². The highest BCUT2D eigenvalue weighted by Gasteiger charge is 2.30. The molecule has 0 aliphatic rings. The van der Waals surface area contributed by atoms with Crippen LogP contribution in [0.1, 0.15) is 22.3 Å². The molecular weight excluding hydrogens is 487 g/mol. The van der Waals surface area contributed by atoms with Gasteiger partial charge < -0.3 is 23.7 Å². The van der Waals surface area contributed by atoms with Crippen molar-refractivity contribution in [1.29, 1.82) is 10.5 Å². The predicted octanol–water partition coefficient (Wildman–Crippen LogP) is 7.58. The number of hydrogen-bond donors (Lipinski definition) is 0. The minimum atomic E-state index is -1.06. The van der Waals surface area contributed by atoms with Gasteiger partial charge in [0.2, 0.25) is 11.5 Å². The van der Waals surface area contributed by atoms with Crippen molar-refractivity contribution in [2.75, 3.05) is 14.2 Å². The SMILES string of the molecule is COc1ccc(Oc2c(F)c(C#N)c(C#N)c(Oc3c(C)cccc3C)c2Oc2ccc(OC)cc2)cc1. The Morgan fingerprint density at radius 2 is 1.00 bits per heavy atom. The molecule has 4 rings (SSSR count). The third-order valence-electron chi connectivity index (χ3n) is 5.70. The molecule has 0 fully saturated rings. The molecule has 0 amide bonds. The number of aryl methyl sites for hydroxylation is 2. The molecule has 4 aromatic carbocycles. The summed E-state index contributed by atoms with van der Waals surface area (Å²) in [5.74, 6) is 0.311. The fourth-order valence-electron chi connectivity index (χ4n) is 3.73. The van der Waals surface area contributed by atoms with Crippen molar-refractivity contribution in [2.24, 2.45) is 0 Å². The zero-order valence-electron chi connectivity index (χ0n) is 21.2. The van der Waals surface area contributed by atoms with Crippen LogP contribution in [0.3, 0.4) is 0 Å². The van der Waals surface area contributed by atoms with Gasteiger partial charge in [-0.15, -0.1) is 0 Å². The average Bonchev–Trinajstić information content (AvgIpc) is 2.94. The van der Waals surface area contributed by atoms with Gasteiger partial charge in [-0.1, -0.05) is 18.2 Å². The number of halogens is 1. The van der Waals surface area contributed by atoms with Crippen LogP contribution in [0.15, 0.2) is 66.7 Å². The lowest BCUT2D eigenvalue weighted by molar-refractivity contribution is 0.366. The lowest BCUT2D eigenvalue weighted by atomic mass is 10.0. The summed E-state index contributed by atoms with van der Waals surface area (Å²) in [6.07, 6.45) is 0. The average molecular weight is 511 g/mol. The van der Waals surface area contributed by atoms with E-state index in [0.29, 0.717) is 23.0 Å². The molecule has 8 heteroatoms. The minimum absolute atomic E-state index is 0.151. The van der Waals surface area contributed by atoms with Gasteiger partial charge in [0.15, 0.2) is 11.6 Å². The highest BCUT2D eigenvalue weighted by Crippen LogP contribution is 2.50. The van der Waals surface area contributed by atoms with Crippen LogP contribution >= 0.6 is 0 Å². The van der Waals surface area contributed by atoms with Crippen molar-refractivity contribution in [2.45, 2.75) is 13.8 Å². The van der Waals surface area contributed by atoms with Gasteiger partial charge >= 0.3 is 0 Å². The topological polar surface area (TPSA) is 93.7 Å². The number of para-hydroxylation sites is 1. The van der Waals surface area contributed by atoms with Gasteiger partial charge in [-0.3, -0.25) is 0 Å². The number of nitrogens with zero attached hydrogens (tertiary/aromatic N) is 2. The Hall–Kier alpha value is -5.21. The molecular formula is C30H23FN2O5. The van der Waals surface area contributed by atoms with Crippen LogP contribution in [-0.4, -0.2) is 14.2 Å². The van der Waals surface area contributed by atoms with E-state index < -0.39 is 17.1 Å². The van der Waals surface area contributed by atoms with Crippen LogP contribution in [-0.2, 0) is 0 Å². The van der Waals surface area contributed by atoms with Gasteiger partial charge in [-0.05, 0) is 73.5 Å². The van der Waals surface area contributed by atoms with Crippen LogP contribution < -0.4 is 23.7 Å². The second-order valence-electron chi connectivity index (χ2n) is 8.15. The third kappa shape index (κ3) is 5.16. The molecule has 0 aliphatic heterocycles. The first-order valence-electron chi connectivity index (χ1n) is 11.5. The largest absolute Gasteiger partial charge is 0.497 e. The number of rotatable bonds is 8. The number of hydrogen-bond acceptors (Lipinski definition) is 7. The number of methoxy groups -OCH3 is 2. The van der Waals surface area contributed by atoms with Crippen LogP contribution in [0.4, 0.5) is 4.39 Å². The molecule has 38 heavy (non-hydrogen) atoms. The van der Waals surface area contributed by atoms with E-state index in [1.54, 1.807) is 54.6 Å². The van der Waals surface area contributed by atoms with Crippen molar-refractivity contribution >= 4 is 0 Å². The number of nitriles is 2. The van der Waals surface area contributed by atoms with Crippen LogP contribution in [0.2, 0.25) is 0 Å². The minimum Gasteiger partial charge on any atom is -0.497 e. The Morgan fingerprint density at radius 3 is 1.45 bits per heavy atom. The molecule has 0 aromatic heterocycles. The summed E-state index contributed by atoms with van der Waals surface area (Å²) in [5, 5.41) is 19.8. The normalized spacial score (nSPS) is 10.2. The molecule has 0 aliphatic carbocycles. The first-order chi connectivity index (χ1) is 18.4. The zero-order chi connectivity index (χ0) is 27.2. The zero-order valence-corrected chi connectivity index (χ0v) is 21.2. The molecule has 190 valence electrons. The molecule has 0 unspecified atom stereocenters. The Kier molecular flexibility index (Phi) is 7.65. The van der Waals surface area contributed by atoms with Crippen molar-refractivity contribution in [1.82, 2.24) is 0 Å². The molecule has 0 N–H and O–H groups in total. The molecule has 0 saturated heterocycles. The van der Waals surface area contributed by atoms with Gasteiger partial charge in [0, 0.05) is 0 Å². The molecule has 0 atom stereocenters. The van der Waals surface area contributed by atoms with Crippen molar-refractivity contribution in [3.63, 3.8) is 0 Å². The van der Waals surface area contributed by atoms with E-state index in [4.69, 9.17) is 23.7 Å². The third-order valence-corrected chi connectivity index (χ3v) is 5.70. The lowest BCUT2D eigenvalue weighted by Gasteiger charge is -2.21. The first-order valence-corrected chi connectivity index (χ1v) is 11.5. The van der Waals surface area contributed by atoms with Crippen LogP contribution in [0, 0.1) is 42.3 Å². The smallest absolute Gasteiger partial charge is 0.216 e. The summed E-state index contributed by atoms with van der Waals surface area (Å²) >= 11 is 0. The number of benzene rings is 4. The second-order valence-corrected chi connectivity index (χ2v) is 8.15. The fraction of sp³-hybridized carbons (Fsp3) is 0.133. The van der Waals surface area contributed by atoms with E-state index in [9.17, 15) is 10.5 Å². The van der Waals surface area contributed by atoms with E-state index >= 15 is 4.39 Å². The summed E-state index contributed by atoms with van der Waals surface area (Å²) in [4.78, 5) is 0. The maximum Gasteiger partial charge on any atom is 0.216 e. The highest BCUT2D eigenvalue weighted by atomic mass is 19.1. The van der Waals surface area contributed by atoms with Crippen LogP contribution in [0.25, 0.3) is 0 Å². The van der Waals surface area contributed by atoms with Crippen LogP contribution in [0.5, 0.6) is 46.0 Å². The van der Waals surface area contributed by atoms with E-state index in [-0.39, 0.29) is 22.8 Å².